The summed E-state index contributed by atoms with van der Waals surface area (Å²) in [5.41, 5.74) is 3.06. The summed E-state index contributed by atoms with van der Waals surface area (Å²) < 4.78 is 5.39. The predicted octanol–water partition coefficient (Wildman–Crippen LogP) is 2.38. The number of benzene rings is 1. The molecule has 0 aromatic heterocycles. The van der Waals surface area contributed by atoms with Crippen LogP contribution in [0.1, 0.15) is 29.5 Å². The lowest BCUT2D eigenvalue weighted by atomic mass is 10.00. The van der Waals surface area contributed by atoms with Crippen molar-refractivity contribution < 1.29 is 9.84 Å². The maximum Gasteiger partial charge on any atom is 0.125 e. The number of rotatable bonds is 3. The second-order valence-corrected chi connectivity index (χ2v) is 4.68. The van der Waals surface area contributed by atoms with E-state index in [-0.39, 0.29) is 0 Å². The molecule has 0 bridgehead atoms. The van der Waals surface area contributed by atoms with Gasteiger partial charge >= 0.3 is 0 Å². The van der Waals surface area contributed by atoms with Crippen molar-refractivity contribution in [1.29, 1.82) is 0 Å². The number of methoxy groups -OCH3 is 1. The lowest BCUT2D eigenvalue weighted by Gasteiger charge is -2.15. The molecule has 0 amide bonds. The van der Waals surface area contributed by atoms with Gasteiger partial charge in [-0.1, -0.05) is 17.7 Å². The minimum atomic E-state index is -0.451. The Morgan fingerprint density at radius 1 is 1.33 bits per heavy atom. The SMILES string of the molecule is COc1c(C)cc(C)cc1CC1(O)CC1. The van der Waals surface area contributed by atoms with E-state index >= 15 is 0 Å². The normalized spacial score (nSPS) is 17.6. The second-order valence-electron chi connectivity index (χ2n) is 4.68. The lowest BCUT2D eigenvalue weighted by molar-refractivity contribution is 0.150. The zero-order chi connectivity index (χ0) is 11.1. The number of hydrogen-bond donors (Lipinski definition) is 1. The molecule has 1 aromatic carbocycles. The van der Waals surface area contributed by atoms with Gasteiger partial charge < -0.3 is 9.84 Å². The van der Waals surface area contributed by atoms with Gasteiger partial charge in [0.25, 0.3) is 0 Å². The topological polar surface area (TPSA) is 29.5 Å². The summed E-state index contributed by atoms with van der Waals surface area (Å²) in [6.45, 7) is 4.12. The van der Waals surface area contributed by atoms with Crippen LogP contribution >= 0.6 is 0 Å². The Bertz CT molecular complexity index is 378. The number of aliphatic hydroxyl groups is 1. The smallest absolute Gasteiger partial charge is 0.125 e. The molecule has 1 aliphatic carbocycles. The van der Waals surface area contributed by atoms with Crippen LogP contribution in [0.3, 0.4) is 0 Å². The van der Waals surface area contributed by atoms with Gasteiger partial charge in [-0.3, -0.25) is 0 Å². The fourth-order valence-electron chi connectivity index (χ4n) is 2.14. The van der Waals surface area contributed by atoms with Gasteiger partial charge in [0.1, 0.15) is 5.75 Å². The lowest BCUT2D eigenvalue weighted by Crippen LogP contribution is -2.12. The molecule has 0 aliphatic heterocycles. The highest BCUT2D eigenvalue weighted by Crippen LogP contribution is 2.40. The average molecular weight is 206 g/mol. The van der Waals surface area contributed by atoms with Crippen LogP contribution in [-0.2, 0) is 6.42 Å². The predicted molar refractivity (Wildman–Crippen MR) is 60.4 cm³/mol. The van der Waals surface area contributed by atoms with Crippen LogP contribution in [0, 0.1) is 13.8 Å². The largest absolute Gasteiger partial charge is 0.496 e. The molecule has 0 spiro atoms. The van der Waals surface area contributed by atoms with Gasteiger partial charge in [-0.25, -0.2) is 0 Å². The van der Waals surface area contributed by atoms with Crippen LogP contribution in [0.2, 0.25) is 0 Å². The van der Waals surface area contributed by atoms with Crippen LogP contribution in [0.25, 0.3) is 0 Å². The molecule has 1 fully saturated rings. The molecule has 0 unspecified atom stereocenters. The van der Waals surface area contributed by atoms with Gasteiger partial charge in [-0.15, -0.1) is 0 Å². The molecule has 1 N–H and O–H groups in total. The summed E-state index contributed by atoms with van der Waals surface area (Å²) in [5, 5.41) is 9.93. The zero-order valence-electron chi connectivity index (χ0n) is 9.63. The van der Waals surface area contributed by atoms with Crippen LogP contribution < -0.4 is 4.74 Å². The zero-order valence-corrected chi connectivity index (χ0v) is 9.63. The van der Waals surface area contributed by atoms with E-state index < -0.39 is 5.60 Å². The molecule has 0 saturated heterocycles. The van der Waals surface area contributed by atoms with Crippen molar-refractivity contribution in [3.8, 4) is 5.75 Å². The molecule has 1 aromatic rings. The Morgan fingerprint density at radius 3 is 2.53 bits per heavy atom. The van der Waals surface area contributed by atoms with E-state index in [1.807, 2.05) is 6.92 Å². The monoisotopic (exact) mass is 206 g/mol. The molecular formula is C13H18O2. The first-order chi connectivity index (χ1) is 7.04. The van der Waals surface area contributed by atoms with Crippen molar-refractivity contribution in [2.45, 2.75) is 38.7 Å². The molecular weight excluding hydrogens is 188 g/mol. The molecule has 1 saturated carbocycles. The second kappa shape index (κ2) is 3.53. The van der Waals surface area contributed by atoms with Crippen molar-refractivity contribution >= 4 is 0 Å². The highest BCUT2D eigenvalue weighted by atomic mass is 16.5. The maximum atomic E-state index is 9.93. The minimum Gasteiger partial charge on any atom is -0.496 e. The Balaban J connectivity index is 2.35. The molecule has 2 heteroatoms. The molecule has 1 aliphatic rings. The number of hydrogen-bond acceptors (Lipinski definition) is 2. The number of ether oxygens (including phenoxy) is 1. The Kier molecular flexibility index (Phi) is 2.47. The van der Waals surface area contributed by atoms with E-state index in [4.69, 9.17) is 4.74 Å². The summed E-state index contributed by atoms with van der Waals surface area (Å²) in [7, 11) is 1.69. The molecule has 0 atom stereocenters. The fourth-order valence-corrected chi connectivity index (χ4v) is 2.14. The Hall–Kier alpha value is -1.02. The van der Waals surface area contributed by atoms with Gasteiger partial charge in [0.15, 0.2) is 0 Å². The van der Waals surface area contributed by atoms with E-state index in [2.05, 4.69) is 19.1 Å². The van der Waals surface area contributed by atoms with Crippen molar-refractivity contribution in [2.24, 2.45) is 0 Å². The molecule has 0 radical (unpaired) electrons. The minimum absolute atomic E-state index is 0.451. The summed E-state index contributed by atoms with van der Waals surface area (Å²) >= 11 is 0. The standard InChI is InChI=1S/C13H18O2/c1-9-6-10(2)12(15-3)11(7-9)8-13(14)4-5-13/h6-7,14H,4-5,8H2,1-3H3. The van der Waals surface area contributed by atoms with E-state index in [0.29, 0.717) is 0 Å². The van der Waals surface area contributed by atoms with Gasteiger partial charge in [-0.2, -0.15) is 0 Å². The highest BCUT2D eigenvalue weighted by molar-refractivity contribution is 5.44. The van der Waals surface area contributed by atoms with Crippen LogP contribution in [0.15, 0.2) is 12.1 Å². The highest BCUT2D eigenvalue weighted by Gasteiger charge is 2.40. The summed E-state index contributed by atoms with van der Waals surface area (Å²) in [4.78, 5) is 0. The van der Waals surface area contributed by atoms with Crippen molar-refractivity contribution in [1.82, 2.24) is 0 Å². The first-order valence-corrected chi connectivity index (χ1v) is 5.40. The van der Waals surface area contributed by atoms with Crippen molar-refractivity contribution in [2.75, 3.05) is 7.11 Å². The third-order valence-electron chi connectivity index (χ3n) is 3.05. The first-order valence-electron chi connectivity index (χ1n) is 5.40. The molecule has 2 nitrogen and oxygen atoms in total. The quantitative estimate of drug-likeness (QED) is 0.822. The third kappa shape index (κ3) is 2.15. The van der Waals surface area contributed by atoms with E-state index in [0.717, 1.165) is 36.1 Å². The van der Waals surface area contributed by atoms with Crippen LogP contribution in [-0.4, -0.2) is 17.8 Å². The summed E-state index contributed by atoms with van der Waals surface area (Å²) in [6.07, 6.45) is 2.56. The fraction of sp³-hybridized carbons (Fsp3) is 0.538. The van der Waals surface area contributed by atoms with E-state index in [9.17, 15) is 5.11 Å². The summed E-state index contributed by atoms with van der Waals surface area (Å²) in [5.74, 6) is 0.931. The third-order valence-corrected chi connectivity index (χ3v) is 3.05. The first kappa shape index (κ1) is 10.5. The Morgan fingerprint density at radius 2 is 2.00 bits per heavy atom. The molecule has 15 heavy (non-hydrogen) atoms. The van der Waals surface area contributed by atoms with Gasteiger partial charge in [0.05, 0.1) is 12.7 Å². The van der Waals surface area contributed by atoms with Gasteiger partial charge in [0, 0.05) is 6.42 Å². The maximum absolute atomic E-state index is 9.93. The van der Waals surface area contributed by atoms with Gasteiger partial charge in [-0.05, 0) is 37.8 Å². The summed E-state index contributed by atoms with van der Waals surface area (Å²) in [6, 6.07) is 4.22. The number of aryl methyl sites for hydroxylation is 2. The van der Waals surface area contributed by atoms with E-state index in [1.165, 1.54) is 5.56 Å². The molecule has 0 heterocycles. The van der Waals surface area contributed by atoms with Crippen LogP contribution in [0.4, 0.5) is 0 Å². The van der Waals surface area contributed by atoms with Gasteiger partial charge in [0.2, 0.25) is 0 Å². The van der Waals surface area contributed by atoms with E-state index in [1.54, 1.807) is 7.11 Å². The Labute approximate surface area is 90.9 Å². The molecule has 2 rings (SSSR count). The average Bonchev–Trinajstić information content (AvgIpc) is 2.82. The molecule has 82 valence electrons. The van der Waals surface area contributed by atoms with Crippen LogP contribution in [0.5, 0.6) is 5.75 Å². The van der Waals surface area contributed by atoms with Crippen molar-refractivity contribution in [3.63, 3.8) is 0 Å². The van der Waals surface area contributed by atoms with Crippen molar-refractivity contribution in [3.05, 3.63) is 28.8 Å².